The van der Waals surface area contributed by atoms with Gasteiger partial charge in [-0.25, -0.2) is 0 Å². The second kappa shape index (κ2) is 4.72. The van der Waals surface area contributed by atoms with Crippen LogP contribution in [0.15, 0.2) is 18.3 Å². The third-order valence-electron chi connectivity index (χ3n) is 1.79. The lowest BCUT2D eigenvalue weighted by Crippen LogP contribution is -2.00. The molecule has 0 aromatic carbocycles. The van der Waals surface area contributed by atoms with Crippen molar-refractivity contribution < 1.29 is 9.90 Å². The SMILES string of the molecule is CCCC(=O)c1ccc(CO)nc1. The van der Waals surface area contributed by atoms with Crippen LogP contribution in [0.3, 0.4) is 0 Å². The van der Waals surface area contributed by atoms with Crippen molar-refractivity contribution in [3.05, 3.63) is 29.6 Å². The number of hydrogen-bond donors (Lipinski definition) is 1. The highest BCUT2D eigenvalue weighted by Gasteiger charge is 2.04. The molecule has 0 aliphatic carbocycles. The highest BCUT2D eigenvalue weighted by Crippen LogP contribution is 2.05. The Hall–Kier alpha value is -1.22. The molecule has 1 aromatic heterocycles. The van der Waals surface area contributed by atoms with Crippen LogP contribution in [0.25, 0.3) is 0 Å². The third-order valence-corrected chi connectivity index (χ3v) is 1.79. The molecule has 0 aliphatic rings. The van der Waals surface area contributed by atoms with Crippen molar-refractivity contribution in [1.82, 2.24) is 4.98 Å². The number of nitrogens with zero attached hydrogens (tertiary/aromatic N) is 1. The fraction of sp³-hybridized carbons (Fsp3) is 0.400. The average molecular weight is 179 g/mol. The second-order valence-electron chi connectivity index (χ2n) is 2.87. The standard InChI is InChI=1S/C10H13NO2/c1-2-3-10(13)8-4-5-9(7-12)11-6-8/h4-6,12H,2-3,7H2,1H3. The predicted molar refractivity (Wildman–Crippen MR) is 49.4 cm³/mol. The fourth-order valence-electron chi connectivity index (χ4n) is 1.05. The number of carbonyl (C=O) groups is 1. The van der Waals surface area contributed by atoms with Crippen LogP contribution in [-0.4, -0.2) is 15.9 Å². The predicted octanol–water partition coefficient (Wildman–Crippen LogP) is 1.56. The summed E-state index contributed by atoms with van der Waals surface area (Å²) < 4.78 is 0. The largest absolute Gasteiger partial charge is 0.390 e. The Bertz CT molecular complexity index is 279. The smallest absolute Gasteiger partial charge is 0.164 e. The maximum absolute atomic E-state index is 11.3. The first-order valence-corrected chi connectivity index (χ1v) is 4.37. The van der Waals surface area contributed by atoms with E-state index in [0.717, 1.165) is 6.42 Å². The van der Waals surface area contributed by atoms with Gasteiger partial charge in [0, 0.05) is 18.2 Å². The lowest BCUT2D eigenvalue weighted by Gasteiger charge is -1.99. The van der Waals surface area contributed by atoms with Gasteiger partial charge in [0.15, 0.2) is 5.78 Å². The van der Waals surface area contributed by atoms with Crippen LogP contribution in [0.5, 0.6) is 0 Å². The molecular formula is C10H13NO2. The van der Waals surface area contributed by atoms with Gasteiger partial charge in [-0.1, -0.05) is 6.92 Å². The van der Waals surface area contributed by atoms with Crippen molar-refractivity contribution in [2.75, 3.05) is 0 Å². The summed E-state index contributed by atoms with van der Waals surface area (Å²) in [7, 11) is 0. The first-order chi connectivity index (χ1) is 6.27. The average Bonchev–Trinajstić information content (AvgIpc) is 2.18. The van der Waals surface area contributed by atoms with Gasteiger partial charge >= 0.3 is 0 Å². The summed E-state index contributed by atoms with van der Waals surface area (Å²) in [6, 6.07) is 3.37. The molecule has 0 amide bonds. The lowest BCUT2D eigenvalue weighted by atomic mass is 10.1. The Morgan fingerprint density at radius 1 is 1.54 bits per heavy atom. The molecule has 3 heteroatoms. The van der Waals surface area contributed by atoms with E-state index in [2.05, 4.69) is 4.98 Å². The molecule has 3 nitrogen and oxygen atoms in total. The van der Waals surface area contributed by atoms with E-state index >= 15 is 0 Å². The maximum atomic E-state index is 11.3. The van der Waals surface area contributed by atoms with Gasteiger partial charge in [-0.3, -0.25) is 9.78 Å². The summed E-state index contributed by atoms with van der Waals surface area (Å²) in [5.74, 6) is 0.111. The summed E-state index contributed by atoms with van der Waals surface area (Å²) in [6.45, 7) is 1.88. The van der Waals surface area contributed by atoms with Crippen molar-refractivity contribution in [3.8, 4) is 0 Å². The van der Waals surface area contributed by atoms with Gasteiger partial charge in [0.2, 0.25) is 0 Å². The van der Waals surface area contributed by atoms with Crippen LogP contribution < -0.4 is 0 Å². The zero-order valence-electron chi connectivity index (χ0n) is 7.66. The first-order valence-electron chi connectivity index (χ1n) is 4.37. The van der Waals surface area contributed by atoms with Crippen molar-refractivity contribution in [1.29, 1.82) is 0 Å². The number of Topliss-reactive ketones (excluding diaryl/α,β-unsaturated/α-hetero) is 1. The van der Waals surface area contributed by atoms with E-state index in [9.17, 15) is 4.79 Å². The van der Waals surface area contributed by atoms with Gasteiger partial charge in [-0.2, -0.15) is 0 Å². The Kier molecular flexibility index (Phi) is 3.58. The van der Waals surface area contributed by atoms with Crippen LogP contribution in [-0.2, 0) is 6.61 Å². The van der Waals surface area contributed by atoms with Crippen molar-refractivity contribution in [2.45, 2.75) is 26.4 Å². The normalized spacial score (nSPS) is 10.0. The number of pyridine rings is 1. The van der Waals surface area contributed by atoms with E-state index in [1.807, 2.05) is 6.92 Å². The summed E-state index contributed by atoms with van der Waals surface area (Å²) >= 11 is 0. The number of aliphatic hydroxyl groups excluding tert-OH is 1. The van der Waals surface area contributed by atoms with Gasteiger partial charge in [-0.15, -0.1) is 0 Å². The van der Waals surface area contributed by atoms with Gasteiger partial charge < -0.3 is 5.11 Å². The quantitative estimate of drug-likeness (QED) is 0.713. The highest BCUT2D eigenvalue weighted by atomic mass is 16.3. The van der Waals surface area contributed by atoms with Crippen molar-refractivity contribution in [3.63, 3.8) is 0 Å². The zero-order valence-corrected chi connectivity index (χ0v) is 7.66. The van der Waals surface area contributed by atoms with E-state index < -0.39 is 0 Å². The summed E-state index contributed by atoms with van der Waals surface area (Å²) in [5, 5.41) is 8.72. The highest BCUT2D eigenvalue weighted by molar-refractivity contribution is 5.95. The third kappa shape index (κ3) is 2.63. The van der Waals surface area contributed by atoms with Crippen LogP contribution in [0.4, 0.5) is 0 Å². The topological polar surface area (TPSA) is 50.2 Å². The molecule has 13 heavy (non-hydrogen) atoms. The molecule has 0 fully saturated rings. The van der Waals surface area contributed by atoms with Crippen LogP contribution in [0.1, 0.15) is 35.8 Å². The monoisotopic (exact) mass is 179 g/mol. The van der Waals surface area contributed by atoms with Gasteiger partial charge in [0.1, 0.15) is 0 Å². The van der Waals surface area contributed by atoms with Crippen LogP contribution >= 0.6 is 0 Å². The molecule has 0 aliphatic heterocycles. The van der Waals surface area contributed by atoms with E-state index in [1.165, 1.54) is 6.20 Å². The van der Waals surface area contributed by atoms with Crippen LogP contribution in [0.2, 0.25) is 0 Å². The molecule has 0 radical (unpaired) electrons. The number of aromatic nitrogens is 1. The maximum Gasteiger partial charge on any atom is 0.164 e. The number of hydrogen-bond acceptors (Lipinski definition) is 3. The Morgan fingerprint density at radius 3 is 2.77 bits per heavy atom. The van der Waals surface area contributed by atoms with Crippen LogP contribution in [0, 0.1) is 0 Å². The number of rotatable bonds is 4. The molecule has 1 heterocycles. The van der Waals surface area contributed by atoms with E-state index in [1.54, 1.807) is 12.1 Å². The Balaban J connectivity index is 2.74. The fourth-order valence-corrected chi connectivity index (χ4v) is 1.05. The minimum Gasteiger partial charge on any atom is -0.390 e. The van der Waals surface area contributed by atoms with Gasteiger partial charge in [0.05, 0.1) is 12.3 Å². The van der Waals surface area contributed by atoms with Crippen molar-refractivity contribution in [2.24, 2.45) is 0 Å². The molecule has 0 saturated heterocycles. The van der Waals surface area contributed by atoms with Gasteiger partial charge in [-0.05, 0) is 18.6 Å². The molecule has 0 unspecified atom stereocenters. The molecule has 1 N–H and O–H groups in total. The lowest BCUT2D eigenvalue weighted by molar-refractivity contribution is 0.0981. The molecule has 0 spiro atoms. The number of carbonyl (C=O) groups excluding carboxylic acids is 1. The van der Waals surface area contributed by atoms with E-state index in [4.69, 9.17) is 5.11 Å². The minimum absolute atomic E-state index is 0.0811. The summed E-state index contributed by atoms with van der Waals surface area (Å²) in [4.78, 5) is 15.3. The first kappa shape index (κ1) is 9.86. The van der Waals surface area contributed by atoms with E-state index in [-0.39, 0.29) is 12.4 Å². The summed E-state index contributed by atoms with van der Waals surface area (Å²) in [6.07, 6.45) is 2.92. The molecule has 0 saturated carbocycles. The Labute approximate surface area is 77.4 Å². The summed E-state index contributed by atoms with van der Waals surface area (Å²) in [5.41, 5.74) is 1.21. The second-order valence-corrected chi connectivity index (χ2v) is 2.87. The van der Waals surface area contributed by atoms with Crippen molar-refractivity contribution >= 4 is 5.78 Å². The number of ketones is 1. The molecule has 1 rings (SSSR count). The molecule has 70 valence electrons. The molecule has 1 aromatic rings. The Morgan fingerprint density at radius 2 is 2.31 bits per heavy atom. The molecule has 0 bridgehead atoms. The minimum atomic E-state index is -0.0811. The number of aliphatic hydroxyl groups is 1. The zero-order chi connectivity index (χ0) is 9.68. The molecular weight excluding hydrogens is 166 g/mol. The van der Waals surface area contributed by atoms with Gasteiger partial charge in [0.25, 0.3) is 0 Å². The van der Waals surface area contributed by atoms with E-state index in [0.29, 0.717) is 17.7 Å². The molecule has 0 atom stereocenters.